The van der Waals surface area contributed by atoms with Gasteiger partial charge in [0.15, 0.2) is 0 Å². The van der Waals surface area contributed by atoms with Crippen LogP contribution in [0.25, 0.3) is 0 Å². The fraction of sp³-hybridized carbons (Fsp3) is 0.615. The molecular weight excluding hydrogens is 274 g/mol. The van der Waals surface area contributed by atoms with Crippen LogP contribution in [0.5, 0.6) is 0 Å². The van der Waals surface area contributed by atoms with Crippen molar-refractivity contribution in [1.29, 1.82) is 0 Å². The molecule has 0 amide bonds. The van der Waals surface area contributed by atoms with E-state index in [1.807, 2.05) is 11.6 Å². The maximum atomic E-state index is 5.93. The Morgan fingerprint density at radius 2 is 2.45 bits per heavy atom. The van der Waals surface area contributed by atoms with Crippen LogP contribution in [0.2, 0.25) is 0 Å². The van der Waals surface area contributed by atoms with Crippen LogP contribution in [0.15, 0.2) is 11.6 Å². The molecule has 4 heterocycles. The predicted octanol–water partition coefficient (Wildman–Crippen LogP) is 1.39. The number of thiazole rings is 1. The van der Waals surface area contributed by atoms with Gasteiger partial charge in [-0.05, 0) is 13.3 Å². The smallest absolute Gasteiger partial charge is 0.107 e. The molecule has 0 unspecified atom stereocenters. The van der Waals surface area contributed by atoms with Crippen LogP contribution in [0.4, 0.5) is 0 Å². The zero-order valence-electron chi connectivity index (χ0n) is 11.4. The van der Waals surface area contributed by atoms with Crippen molar-refractivity contribution in [3.63, 3.8) is 0 Å². The number of likely N-dealkylation sites (tertiary alicyclic amines) is 1. The largest absolute Gasteiger partial charge is 0.370 e. The molecule has 7 heteroatoms. The zero-order chi connectivity index (χ0) is 13.5. The van der Waals surface area contributed by atoms with Crippen molar-refractivity contribution in [3.8, 4) is 0 Å². The molecule has 0 saturated carbocycles. The van der Waals surface area contributed by atoms with Crippen molar-refractivity contribution in [2.45, 2.75) is 38.6 Å². The van der Waals surface area contributed by atoms with Gasteiger partial charge in [0.05, 0.1) is 37.2 Å². The van der Waals surface area contributed by atoms with Crippen molar-refractivity contribution in [2.24, 2.45) is 0 Å². The van der Waals surface area contributed by atoms with Crippen molar-refractivity contribution < 1.29 is 4.74 Å². The highest BCUT2D eigenvalue weighted by Gasteiger charge is 2.36. The van der Waals surface area contributed by atoms with E-state index in [0.29, 0.717) is 6.61 Å². The van der Waals surface area contributed by atoms with Crippen LogP contribution in [0.3, 0.4) is 0 Å². The highest BCUT2D eigenvalue weighted by molar-refractivity contribution is 7.09. The van der Waals surface area contributed by atoms with Gasteiger partial charge < -0.3 is 4.74 Å². The number of fused-ring (bicyclic) bond motifs is 3. The third-order valence-corrected chi connectivity index (χ3v) is 4.99. The summed E-state index contributed by atoms with van der Waals surface area (Å²) < 4.78 is 7.98. The predicted molar refractivity (Wildman–Crippen MR) is 74.4 cm³/mol. The summed E-state index contributed by atoms with van der Waals surface area (Å²) in [6.07, 6.45) is 3.13. The molecule has 0 aromatic carbocycles. The minimum Gasteiger partial charge on any atom is -0.370 e. The average Bonchev–Trinajstić information content (AvgIpc) is 3.07. The highest BCUT2D eigenvalue weighted by Crippen LogP contribution is 2.30. The van der Waals surface area contributed by atoms with E-state index in [0.717, 1.165) is 37.4 Å². The Morgan fingerprint density at radius 1 is 1.50 bits per heavy atom. The standard InChI is InChI=1S/C13H17N5OS/c1-9-8-20-13(15-9)6-17-3-2-12-11(5-17)18-10(7-19-12)4-14-16-18/h4,8,11-12H,2-3,5-7H2,1H3/t11-,12-/m0/s1. The van der Waals surface area contributed by atoms with Gasteiger partial charge in [0.25, 0.3) is 0 Å². The zero-order valence-corrected chi connectivity index (χ0v) is 12.2. The molecule has 0 N–H and O–H groups in total. The number of hydrogen-bond acceptors (Lipinski definition) is 6. The van der Waals surface area contributed by atoms with Crippen molar-refractivity contribution in [2.75, 3.05) is 13.1 Å². The molecule has 20 heavy (non-hydrogen) atoms. The summed E-state index contributed by atoms with van der Waals surface area (Å²) in [6, 6.07) is 0.288. The van der Waals surface area contributed by atoms with E-state index >= 15 is 0 Å². The fourth-order valence-corrected chi connectivity index (χ4v) is 3.87. The first-order chi connectivity index (χ1) is 9.79. The minimum absolute atomic E-state index is 0.276. The Hall–Kier alpha value is -1.31. The summed E-state index contributed by atoms with van der Waals surface area (Å²) in [4.78, 5) is 7.00. The van der Waals surface area contributed by atoms with Crippen LogP contribution in [0.1, 0.15) is 28.9 Å². The van der Waals surface area contributed by atoms with Crippen LogP contribution in [0, 0.1) is 6.92 Å². The third kappa shape index (κ3) is 2.15. The Bertz CT molecular complexity index is 609. The second-order valence-electron chi connectivity index (χ2n) is 5.49. The van der Waals surface area contributed by atoms with Gasteiger partial charge in [0, 0.05) is 24.2 Å². The minimum atomic E-state index is 0.276. The maximum absolute atomic E-state index is 5.93. The Balaban J connectivity index is 1.51. The molecule has 2 aliphatic rings. The molecular formula is C13H17N5OS. The summed E-state index contributed by atoms with van der Waals surface area (Å²) in [5.74, 6) is 0. The fourth-order valence-electron chi connectivity index (χ4n) is 3.05. The van der Waals surface area contributed by atoms with Crippen LogP contribution in [-0.2, 0) is 17.9 Å². The first-order valence-electron chi connectivity index (χ1n) is 6.93. The topological polar surface area (TPSA) is 56.1 Å². The van der Waals surface area contributed by atoms with E-state index in [1.165, 1.54) is 5.01 Å². The highest BCUT2D eigenvalue weighted by atomic mass is 32.1. The van der Waals surface area contributed by atoms with Crippen molar-refractivity contribution in [3.05, 3.63) is 28.0 Å². The molecule has 0 spiro atoms. The van der Waals surface area contributed by atoms with Gasteiger partial charge in [-0.2, -0.15) is 0 Å². The molecule has 1 saturated heterocycles. The quantitative estimate of drug-likeness (QED) is 0.837. The molecule has 2 aliphatic heterocycles. The van der Waals surface area contributed by atoms with Gasteiger partial charge in [0.1, 0.15) is 5.01 Å². The van der Waals surface area contributed by atoms with Crippen molar-refractivity contribution in [1.82, 2.24) is 24.9 Å². The van der Waals surface area contributed by atoms with Gasteiger partial charge in [-0.25, -0.2) is 9.67 Å². The molecule has 6 nitrogen and oxygen atoms in total. The SMILES string of the molecule is Cc1csc(CN2CC[C@@H]3OCc4cnnn4[C@H]3C2)n1. The van der Waals surface area contributed by atoms with E-state index < -0.39 is 0 Å². The molecule has 2 atom stereocenters. The molecule has 106 valence electrons. The molecule has 1 fully saturated rings. The van der Waals surface area contributed by atoms with Gasteiger partial charge in [0.2, 0.25) is 0 Å². The van der Waals surface area contributed by atoms with Gasteiger partial charge in [-0.3, -0.25) is 4.90 Å². The van der Waals surface area contributed by atoms with Crippen LogP contribution in [-0.4, -0.2) is 44.1 Å². The van der Waals surface area contributed by atoms with E-state index in [2.05, 4.69) is 25.6 Å². The lowest BCUT2D eigenvalue weighted by Crippen LogP contribution is -2.47. The second kappa shape index (κ2) is 4.91. The van der Waals surface area contributed by atoms with E-state index in [-0.39, 0.29) is 12.1 Å². The number of aryl methyl sites for hydroxylation is 1. The first kappa shape index (κ1) is 12.4. The molecule has 2 aromatic rings. The molecule has 0 bridgehead atoms. The number of rotatable bonds is 2. The summed E-state index contributed by atoms with van der Waals surface area (Å²) >= 11 is 1.74. The van der Waals surface area contributed by atoms with E-state index in [9.17, 15) is 0 Å². The number of ether oxygens (including phenoxy) is 1. The van der Waals surface area contributed by atoms with Gasteiger partial charge in [-0.1, -0.05) is 5.21 Å². The first-order valence-corrected chi connectivity index (χ1v) is 7.81. The second-order valence-corrected chi connectivity index (χ2v) is 6.44. The maximum Gasteiger partial charge on any atom is 0.107 e. The number of piperidine rings is 1. The summed E-state index contributed by atoms with van der Waals surface area (Å²) in [7, 11) is 0. The van der Waals surface area contributed by atoms with E-state index in [4.69, 9.17) is 4.74 Å². The van der Waals surface area contributed by atoms with Gasteiger partial charge in [-0.15, -0.1) is 16.4 Å². The van der Waals surface area contributed by atoms with Gasteiger partial charge >= 0.3 is 0 Å². The number of aromatic nitrogens is 4. The van der Waals surface area contributed by atoms with Crippen LogP contribution >= 0.6 is 11.3 Å². The molecule has 0 aliphatic carbocycles. The Morgan fingerprint density at radius 3 is 3.30 bits per heavy atom. The Labute approximate surface area is 121 Å². The van der Waals surface area contributed by atoms with Crippen LogP contribution < -0.4 is 0 Å². The van der Waals surface area contributed by atoms with Crippen molar-refractivity contribution >= 4 is 11.3 Å². The summed E-state index contributed by atoms with van der Waals surface area (Å²) in [5.41, 5.74) is 2.19. The summed E-state index contributed by atoms with van der Waals surface area (Å²) in [6.45, 7) is 5.62. The average molecular weight is 291 g/mol. The number of nitrogens with zero attached hydrogens (tertiary/aromatic N) is 5. The Kier molecular flexibility index (Phi) is 3.05. The third-order valence-electron chi connectivity index (χ3n) is 4.04. The lowest BCUT2D eigenvalue weighted by Gasteiger charge is -2.40. The number of hydrogen-bond donors (Lipinski definition) is 0. The summed E-state index contributed by atoms with van der Waals surface area (Å²) in [5, 5.41) is 11.5. The monoisotopic (exact) mass is 291 g/mol. The lowest BCUT2D eigenvalue weighted by molar-refractivity contribution is -0.0669. The molecule has 0 radical (unpaired) electrons. The lowest BCUT2D eigenvalue weighted by atomic mass is 10.0. The molecule has 2 aromatic heterocycles. The van der Waals surface area contributed by atoms with E-state index in [1.54, 1.807) is 17.5 Å². The normalized spacial score (nSPS) is 26.2. The molecule has 4 rings (SSSR count).